The molecule has 0 spiro atoms. The van der Waals surface area contributed by atoms with E-state index >= 15 is 0 Å². The number of benzene rings is 1. The van der Waals surface area contributed by atoms with Gasteiger partial charge in [-0.1, -0.05) is 17.7 Å². The highest BCUT2D eigenvalue weighted by Crippen LogP contribution is 2.18. The van der Waals surface area contributed by atoms with Crippen LogP contribution in [0.2, 0.25) is 5.02 Å². The van der Waals surface area contributed by atoms with E-state index in [2.05, 4.69) is 20.2 Å². The van der Waals surface area contributed by atoms with E-state index in [4.69, 9.17) is 11.6 Å². The summed E-state index contributed by atoms with van der Waals surface area (Å²) in [6.07, 6.45) is 6.32. The first-order valence-corrected chi connectivity index (χ1v) is 8.30. The summed E-state index contributed by atoms with van der Waals surface area (Å²) in [6, 6.07) is 4.47. The molecular weight excluding hydrogens is 331 g/mol. The van der Waals surface area contributed by atoms with Crippen LogP contribution in [-0.2, 0) is 11.2 Å². The maximum atomic E-state index is 13.1. The highest BCUT2D eigenvalue weighted by Gasteiger charge is 2.14. The molecule has 1 saturated heterocycles. The van der Waals surface area contributed by atoms with Crippen molar-refractivity contribution in [3.63, 3.8) is 0 Å². The number of hydrogen-bond acceptors (Lipinski definition) is 4. The third kappa shape index (κ3) is 4.20. The van der Waals surface area contributed by atoms with Crippen molar-refractivity contribution in [2.45, 2.75) is 25.7 Å². The van der Waals surface area contributed by atoms with Crippen LogP contribution in [0.3, 0.4) is 0 Å². The summed E-state index contributed by atoms with van der Waals surface area (Å²) in [6.45, 7) is 1.96. The summed E-state index contributed by atoms with van der Waals surface area (Å²) in [5, 5.41) is 2.83. The van der Waals surface area contributed by atoms with Crippen molar-refractivity contribution in [1.82, 2.24) is 9.97 Å². The van der Waals surface area contributed by atoms with Gasteiger partial charge in [-0.2, -0.15) is 0 Å². The minimum Gasteiger partial charge on any atom is -0.341 e. The Balaban J connectivity index is 1.51. The Labute approximate surface area is 144 Å². The summed E-state index contributed by atoms with van der Waals surface area (Å²) in [7, 11) is 0. The van der Waals surface area contributed by atoms with E-state index in [9.17, 15) is 9.18 Å². The van der Waals surface area contributed by atoms with Gasteiger partial charge >= 0.3 is 0 Å². The topological polar surface area (TPSA) is 58.1 Å². The molecule has 1 aromatic carbocycles. The van der Waals surface area contributed by atoms with Crippen molar-refractivity contribution < 1.29 is 9.18 Å². The third-order valence-corrected chi connectivity index (χ3v) is 4.23. The molecule has 0 saturated carbocycles. The molecule has 3 rings (SSSR count). The molecule has 0 atom stereocenters. The number of rotatable bonds is 5. The molecule has 1 aromatic heterocycles. The van der Waals surface area contributed by atoms with Crippen LogP contribution < -0.4 is 10.2 Å². The molecular formula is C17H18ClFN4O. The Morgan fingerprint density at radius 2 is 1.96 bits per heavy atom. The molecule has 1 amide bonds. The quantitative estimate of drug-likeness (QED) is 0.899. The molecule has 0 unspecified atom stereocenters. The van der Waals surface area contributed by atoms with Gasteiger partial charge in [0.25, 0.3) is 0 Å². The lowest BCUT2D eigenvalue weighted by molar-refractivity contribution is -0.116. The number of carbonyl (C=O) groups excluding carboxylic acids is 1. The van der Waals surface area contributed by atoms with E-state index in [1.807, 2.05) is 0 Å². The lowest BCUT2D eigenvalue weighted by Gasteiger charge is -2.14. The van der Waals surface area contributed by atoms with Crippen LogP contribution in [0.15, 0.2) is 30.6 Å². The van der Waals surface area contributed by atoms with Crippen LogP contribution in [-0.4, -0.2) is 29.0 Å². The standard InChI is InChI=1S/C17H18ClFN4O/c18-14-9-12(3-5-15(14)19)4-6-16(24)22-13-10-20-17(21-11-13)23-7-1-2-8-23/h3,5,9-11H,1-2,4,6-8H2,(H,22,24). The smallest absolute Gasteiger partial charge is 0.225 e. The minimum absolute atomic E-state index is 0.0683. The third-order valence-electron chi connectivity index (χ3n) is 3.94. The van der Waals surface area contributed by atoms with Crippen LogP contribution in [0.25, 0.3) is 0 Å². The van der Waals surface area contributed by atoms with Gasteiger partial charge in [-0.25, -0.2) is 14.4 Å². The molecule has 5 nitrogen and oxygen atoms in total. The van der Waals surface area contributed by atoms with E-state index in [-0.39, 0.29) is 17.4 Å². The SMILES string of the molecule is O=C(CCc1ccc(F)c(Cl)c1)Nc1cnc(N2CCCC2)nc1. The van der Waals surface area contributed by atoms with Gasteiger partial charge in [0, 0.05) is 19.5 Å². The van der Waals surface area contributed by atoms with E-state index < -0.39 is 5.82 Å². The van der Waals surface area contributed by atoms with Crippen molar-refractivity contribution >= 4 is 29.1 Å². The molecule has 1 aliphatic rings. The first-order chi connectivity index (χ1) is 11.6. The number of nitrogens with zero attached hydrogens (tertiary/aromatic N) is 3. The highest BCUT2D eigenvalue weighted by atomic mass is 35.5. The fraction of sp³-hybridized carbons (Fsp3) is 0.353. The molecule has 0 bridgehead atoms. The van der Waals surface area contributed by atoms with Crippen molar-refractivity contribution in [2.75, 3.05) is 23.3 Å². The number of halogens is 2. The number of hydrogen-bond donors (Lipinski definition) is 1. The fourth-order valence-electron chi connectivity index (χ4n) is 2.64. The van der Waals surface area contributed by atoms with Crippen molar-refractivity contribution in [3.8, 4) is 0 Å². The second-order valence-corrected chi connectivity index (χ2v) is 6.17. The Hall–Kier alpha value is -2.21. The van der Waals surface area contributed by atoms with Crippen LogP contribution >= 0.6 is 11.6 Å². The molecule has 0 radical (unpaired) electrons. The van der Waals surface area contributed by atoms with Crippen LogP contribution in [0.4, 0.5) is 16.0 Å². The van der Waals surface area contributed by atoms with Gasteiger partial charge in [-0.05, 0) is 37.0 Å². The van der Waals surface area contributed by atoms with E-state index in [0.717, 1.165) is 31.5 Å². The van der Waals surface area contributed by atoms with Gasteiger partial charge < -0.3 is 10.2 Å². The lowest BCUT2D eigenvalue weighted by Crippen LogP contribution is -2.20. The molecule has 1 aliphatic heterocycles. The van der Waals surface area contributed by atoms with Crippen LogP contribution in [0.1, 0.15) is 24.8 Å². The molecule has 1 N–H and O–H groups in total. The number of aryl methyl sites for hydroxylation is 1. The summed E-state index contributed by atoms with van der Waals surface area (Å²) in [5.41, 5.74) is 1.39. The fourth-order valence-corrected chi connectivity index (χ4v) is 2.85. The number of amides is 1. The first-order valence-electron chi connectivity index (χ1n) is 7.92. The van der Waals surface area contributed by atoms with Crippen molar-refractivity contribution in [3.05, 3.63) is 47.0 Å². The molecule has 2 heterocycles. The molecule has 1 fully saturated rings. The predicted octanol–water partition coefficient (Wildman–Crippen LogP) is 3.44. The second kappa shape index (κ2) is 7.57. The minimum atomic E-state index is -0.458. The Morgan fingerprint density at radius 3 is 2.62 bits per heavy atom. The largest absolute Gasteiger partial charge is 0.341 e. The lowest BCUT2D eigenvalue weighted by atomic mass is 10.1. The zero-order valence-electron chi connectivity index (χ0n) is 13.1. The summed E-state index contributed by atoms with van der Waals surface area (Å²) < 4.78 is 13.1. The summed E-state index contributed by atoms with van der Waals surface area (Å²) in [5.74, 6) is 0.0968. The van der Waals surface area contributed by atoms with E-state index in [1.54, 1.807) is 18.5 Å². The number of carbonyl (C=O) groups is 1. The van der Waals surface area contributed by atoms with Gasteiger partial charge in [0.05, 0.1) is 23.1 Å². The summed E-state index contributed by atoms with van der Waals surface area (Å²) in [4.78, 5) is 22.7. The second-order valence-electron chi connectivity index (χ2n) is 5.76. The zero-order valence-corrected chi connectivity index (χ0v) is 13.9. The predicted molar refractivity (Wildman–Crippen MR) is 91.8 cm³/mol. The number of anilines is 2. The molecule has 7 heteroatoms. The average molecular weight is 349 g/mol. The number of aromatic nitrogens is 2. The summed E-state index contributed by atoms with van der Waals surface area (Å²) >= 11 is 5.73. The Morgan fingerprint density at radius 1 is 1.25 bits per heavy atom. The number of nitrogens with one attached hydrogen (secondary N) is 1. The molecule has 0 aliphatic carbocycles. The van der Waals surface area contributed by atoms with Gasteiger partial charge in [0.15, 0.2) is 0 Å². The highest BCUT2D eigenvalue weighted by molar-refractivity contribution is 6.30. The van der Waals surface area contributed by atoms with Crippen LogP contribution in [0, 0.1) is 5.82 Å². The first kappa shape index (κ1) is 16.6. The van der Waals surface area contributed by atoms with Crippen LogP contribution in [0.5, 0.6) is 0 Å². The van der Waals surface area contributed by atoms with Gasteiger partial charge in [0.2, 0.25) is 11.9 Å². The zero-order chi connectivity index (χ0) is 16.9. The van der Waals surface area contributed by atoms with Gasteiger partial charge in [0.1, 0.15) is 5.82 Å². The maximum Gasteiger partial charge on any atom is 0.225 e. The molecule has 126 valence electrons. The van der Waals surface area contributed by atoms with Crippen molar-refractivity contribution in [2.24, 2.45) is 0 Å². The normalized spacial score (nSPS) is 14.0. The maximum absolute atomic E-state index is 13.1. The monoisotopic (exact) mass is 348 g/mol. The van der Waals surface area contributed by atoms with Crippen molar-refractivity contribution in [1.29, 1.82) is 0 Å². The average Bonchev–Trinajstić information content (AvgIpc) is 3.11. The Kier molecular flexibility index (Phi) is 5.25. The Bertz CT molecular complexity index is 717. The molecule has 2 aromatic rings. The van der Waals surface area contributed by atoms with Gasteiger partial charge in [-0.15, -0.1) is 0 Å². The van der Waals surface area contributed by atoms with E-state index in [0.29, 0.717) is 18.1 Å². The van der Waals surface area contributed by atoms with E-state index in [1.165, 1.54) is 12.1 Å². The van der Waals surface area contributed by atoms with Gasteiger partial charge in [-0.3, -0.25) is 4.79 Å². The molecule has 24 heavy (non-hydrogen) atoms.